The summed E-state index contributed by atoms with van der Waals surface area (Å²) >= 11 is 3.37. The number of rotatable bonds is 7. The minimum atomic E-state index is 0.667. The van der Waals surface area contributed by atoms with Gasteiger partial charge in [0.15, 0.2) is 11.5 Å². The van der Waals surface area contributed by atoms with E-state index in [0.29, 0.717) is 18.0 Å². The molecule has 3 aromatic heterocycles. The van der Waals surface area contributed by atoms with Gasteiger partial charge >= 0.3 is 0 Å². The molecule has 32 heavy (non-hydrogen) atoms. The van der Waals surface area contributed by atoms with Gasteiger partial charge in [-0.15, -0.1) is 22.7 Å². The summed E-state index contributed by atoms with van der Waals surface area (Å²) in [6.07, 6.45) is 0. The number of aromatic nitrogens is 2. The van der Waals surface area contributed by atoms with E-state index in [2.05, 4.69) is 33.1 Å². The lowest BCUT2D eigenvalue weighted by molar-refractivity contribution is 0.0331. The zero-order valence-electron chi connectivity index (χ0n) is 18.0. The highest BCUT2D eigenvalue weighted by Gasteiger charge is 2.19. The van der Waals surface area contributed by atoms with Crippen LogP contribution in [0.2, 0.25) is 0 Å². The summed E-state index contributed by atoms with van der Waals surface area (Å²) in [5.41, 5.74) is 2.03. The van der Waals surface area contributed by atoms with Crippen LogP contribution in [0.15, 0.2) is 41.1 Å². The number of fused-ring (bicyclic) bond motifs is 1. The third-order valence-corrected chi connectivity index (χ3v) is 7.16. The Morgan fingerprint density at radius 1 is 1.06 bits per heavy atom. The number of ether oxygens (including phenoxy) is 3. The second-order valence-electron chi connectivity index (χ2n) is 7.38. The van der Waals surface area contributed by atoms with Crippen molar-refractivity contribution in [3.63, 3.8) is 0 Å². The molecule has 9 heteroatoms. The highest BCUT2D eigenvalue weighted by Crippen LogP contribution is 2.40. The molecule has 1 aliphatic heterocycles. The van der Waals surface area contributed by atoms with Gasteiger partial charge in [-0.1, -0.05) is 6.07 Å². The highest BCUT2D eigenvalue weighted by molar-refractivity contribution is 7.18. The van der Waals surface area contributed by atoms with Crippen LogP contribution in [-0.2, 0) is 11.3 Å². The summed E-state index contributed by atoms with van der Waals surface area (Å²) in [7, 11) is 3.27. The van der Waals surface area contributed by atoms with Crippen molar-refractivity contribution >= 4 is 44.4 Å². The van der Waals surface area contributed by atoms with Gasteiger partial charge < -0.3 is 19.5 Å². The van der Waals surface area contributed by atoms with Crippen LogP contribution in [-0.4, -0.2) is 55.4 Å². The zero-order valence-corrected chi connectivity index (χ0v) is 19.6. The molecule has 1 saturated heterocycles. The lowest BCUT2D eigenvalue weighted by Crippen LogP contribution is -2.36. The van der Waals surface area contributed by atoms with Crippen molar-refractivity contribution in [3.05, 3.63) is 46.9 Å². The molecule has 0 bridgehead atoms. The highest BCUT2D eigenvalue weighted by atomic mass is 32.1. The van der Waals surface area contributed by atoms with E-state index in [0.717, 1.165) is 59.4 Å². The predicted octanol–water partition coefficient (Wildman–Crippen LogP) is 5.01. The van der Waals surface area contributed by atoms with Crippen molar-refractivity contribution in [3.8, 4) is 21.9 Å². The van der Waals surface area contributed by atoms with Gasteiger partial charge in [-0.2, -0.15) is 0 Å². The molecule has 166 valence electrons. The van der Waals surface area contributed by atoms with Gasteiger partial charge in [0.25, 0.3) is 0 Å². The number of thiophene rings is 2. The van der Waals surface area contributed by atoms with Gasteiger partial charge in [-0.3, -0.25) is 4.90 Å². The van der Waals surface area contributed by atoms with Crippen LogP contribution in [0, 0.1) is 0 Å². The topological polar surface area (TPSA) is 68.7 Å². The molecule has 1 N–H and O–H groups in total. The maximum atomic E-state index is 5.48. The van der Waals surface area contributed by atoms with Crippen molar-refractivity contribution in [2.45, 2.75) is 6.54 Å². The van der Waals surface area contributed by atoms with Crippen LogP contribution in [0.5, 0.6) is 11.5 Å². The van der Waals surface area contributed by atoms with Crippen LogP contribution in [0.4, 0.5) is 11.5 Å². The smallest absolute Gasteiger partial charge is 0.162 e. The van der Waals surface area contributed by atoms with Gasteiger partial charge in [0.05, 0.1) is 39.4 Å². The van der Waals surface area contributed by atoms with Crippen LogP contribution in [0.1, 0.15) is 5.82 Å². The molecule has 1 aliphatic rings. The first kappa shape index (κ1) is 21.1. The third kappa shape index (κ3) is 4.29. The Balaban J connectivity index is 1.56. The van der Waals surface area contributed by atoms with Gasteiger partial charge in [-0.05, 0) is 23.6 Å². The molecule has 0 amide bonds. The van der Waals surface area contributed by atoms with E-state index < -0.39 is 0 Å². The van der Waals surface area contributed by atoms with Crippen LogP contribution < -0.4 is 14.8 Å². The van der Waals surface area contributed by atoms with Crippen LogP contribution in [0.3, 0.4) is 0 Å². The summed E-state index contributed by atoms with van der Waals surface area (Å²) in [5.74, 6) is 2.96. The molecule has 1 fully saturated rings. The molecular weight excluding hydrogens is 444 g/mol. The van der Waals surface area contributed by atoms with E-state index in [1.165, 1.54) is 4.88 Å². The number of methoxy groups -OCH3 is 2. The van der Waals surface area contributed by atoms with Gasteiger partial charge in [0.2, 0.25) is 0 Å². The Morgan fingerprint density at radius 2 is 1.91 bits per heavy atom. The predicted molar refractivity (Wildman–Crippen MR) is 130 cm³/mol. The van der Waals surface area contributed by atoms with Crippen molar-refractivity contribution in [1.29, 1.82) is 0 Å². The average molecular weight is 469 g/mol. The fraction of sp³-hybridized carbons (Fsp3) is 0.304. The van der Waals surface area contributed by atoms with Crippen LogP contribution in [0.25, 0.3) is 20.7 Å². The van der Waals surface area contributed by atoms with Crippen molar-refractivity contribution in [2.75, 3.05) is 45.8 Å². The molecule has 5 rings (SSSR count). The van der Waals surface area contributed by atoms with Crippen molar-refractivity contribution < 1.29 is 14.2 Å². The quantitative estimate of drug-likeness (QED) is 0.409. The molecule has 0 radical (unpaired) electrons. The summed E-state index contributed by atoms with van der Waals surface area (Å²) < 4.78 is 16.3. The molecule has 0 unspecified atom stereocenters. The molecule has 0 saturated carbocycles. The summed E-state index contributed by atoms with van der Waals surface area (Å²) in [6, 6.07) is 9.98. The summed E-state index contributed by atoms with van der Waals surface area (Å²) in [4.78, 5) is 14.4. The Hall–Kier alpha value is -2.72. The molecule has 4 aromatic rings. The Labute approximate surface area is 194 Å². The summed E-state index contributed by atoms with van der Waals surface area (Å²) in [5, 5.41) is 8.82. The molecule has 0 spiro atoms. The lowest BCUT2D eigenvalue weighted by atomic mass is 10.2. The van der Waals surface area contributed by atoms with E-state index in [-0.39, 0.29) is 0 Å². The largest absolute Gasteiger partial charge is 0.493 e. The number of hydrogen-bond acceptors (Lipinski definition) is 9. The van der Waals surface area contributed by atoms with E-state index in [1.807, 2.05) is 18.2 Å². The maximum absolute atomic E-state index is 5.48. The first-order valence-corrected chi connectivity index (χ1v) is 12.1. The summed E-state index contributed by atoms with van der Waals surface area (Å²) in [6.45, 7) is 3.99. The third-order valence-electron chi connectivity index (χ3n) is 5.38. The van der Waals surface area contributed by atoms with E-state index in [4.69, 9.17) is 24.2 Å². The number of morpholine rings is 1. The van der Waals surface area contributed by atoms with E-state index in [9.17, 15) is 0 Å². The molecule has 0 atom stereocenters. The van der Waals surface area contributed by atoms with Gasteiger partial charge in [-0.25, -0.2) is 9.97 Å². The monoisotopic (exact) mass is 468 g/mol. The van der Waals surface area contributed by atoms with Gasteiger partial charge in [0, 0.05) is 40.7 Å². The lowest BCUT2D eigenvalue weighted by Gasteiger charge is -2.25. The van der Waals surface area contributed by atoms with Crippen molar-refractivity contribution in [1.82, 2.24) is 14.9 Å². The fourth-order valence-corrected chi connectivity index (χ4v) is 5.55. The minimum Gasteiger partial charge on any atom is -0.493 e. The average Bonchev–Trinajstić information content (AvgIpc) is 3.49. The Kier molecular flexibility index (Phi) is 6.22. The first-order valence-electron chi connectivity index (χ1n) is 10.4. The second kappa shape index (κ2) is 9.41. The number of hydrogen-bond donors (Lipinski definition) is 1. The molecular formula is C23H24N4O3S2. The van der Waals surface area contributed by atoms with Crippen LogP contribution >= 0.6 is 22.7 Å². The second-order valence-corrected chi connectivity index (χ2v) is 9.18. The molecule has 1 aromatic carbocycles. The standard InChI is InChI=1S/C23H24N4O3S2/c1-28-17-6-5-15(12-18(17)29-2)24-22-21-16(19-4-3-11-31-19)14-32-23(21)26-20(25-22)13-27-7-9-30-10-8-27/h3-6,11-12,14H,7-10,13H2,1-2H3,(H,24,25,26). The molecule has 0 aliphatic carbocycles. The molecule has 4 heterocycles. The zero-order chi connectivity index (χ0) is 21.9. The Bertz CT molecular complexity index is 1200. The van der Waals surface area contributed by atoms with E-state index >= 15 is 0 Å². The first-order chi connectivity index (χ1) is 15.7. The number of nitrogens with one attached hydrogen (secondary N) is 1. The van der Waals surface area contributed by atoms with Crippen molar-refractivity contribution in [2.24, 2.45) is 0 Å². The fourth-order valence-electron chi connectivity index (χ4n) is 3.77. The minimum absolute atomic E-state index is 0.667. The number of benzene rings is 1. The van der Waals surface area contributed by atoms with E-state index in [1.54, 1.807) is 36.9 Å². The number of anilines is 2. The Morgan fingerprint density at radius 3 is 2.66 bits per heavy atom. The van der Waals surface area contributed by atoms with Gasteiger partial charge in [0.1, 0.15) is 16.5 Å². The maximum Gasteiger partial charge on any atom is 0.162 e. The SMILES string of the molecule is COc1ccc(Nc2nc(CN3CCOCC3)nc3scc(-c4cccs4)c23)cc1OC. The molecule has 7 nitrogen and oxygen atoms in total. The number of nitrogens with zero attached hydrogens (tertiary/aromatic N) is 3. The normalized spacial score (nSPS) is 14.6.